The number of carboxylic acid groups (broad SMARTS) is 1. The summed E-state index contributed by atoms with van der Waals surface area (Å²) in [7, 11) is 0. The van der Waals surface area contributed by atoms with Crippen LogP contribution in [0.15, 0.2) is 5.38 Å². The van der Waals surface area contributed by atoms with Gasteiger partial charge in [0.2, 0.25) is 0 Å². The Morgan fingerprint density at radius 2 is 2.04 bits per heavy atom. The van der Waals surface area contributed by atoms with Crippen molar-refractivity contribution in [2.24, 2.45) is 11.3 Å². The lowest BCUT2D eigenvalue weighted by Gasteiger charge is -2.32. The fraction of sp³-hybridized carbons (Fsp3) is 0.667. The average Bonchev–Trinajstić information content (AvgIpc) is 3.06. The lowest BCUT2D eigenvalue weighted by Crippen LogP contribution is -2.48. The molecule has 1 saturated heterocycles. The second kappa shape index (κ2) is 7.73. The van der Waals surface area contributed by atoms with Crippen LogP contribution in [0, 0.1) is 11.3 Å². The van der Waals surface area contributed by atoms with Crippen LogP contribution in [0.3, 0.4) is 0 Å². The number of urea groups is 1. The first kappa shape index (κ1) is 20.4. The number of imide groups is 1. The number of thiazole rings is 1. The standard InChI is InChI=1S/C18H27N3O4S/c1-6-13-19-12(10-26-13)8-20-14(22)9-21(17(20)25)15(16(23)24)11(2)7-18(3,4)5/h10-11,15H,6-9H2,1-5H3,(H,23,24)/t11?,15-/m0/s1. The van der Waals surface area contributed by atoms with Crippen molar-refractivity contribution in [3.05, 3.63) is 16.1 Å². The van der Waals surface area contributed by atoms with Crippen molar-refractivity contribution >= 4 is 29.2 Å². The largest absolute Gasteiger partial charge is 0.480 e. The van der Waals surface area contributed by atoms with Gasteiger partial charge in [-0.2, -0.15) is 0 Å². The summed E-state index contributed by atoms with van der Waals surface area (Å²) in [6.45, 7) is 9.78. The predicted octanol–water partition coefficient (Wildman–Crippen LogP) is 3.00. The van der Waals surface area contributed by atoms with Crippen LogP contribution < -0.4 is 0 Å². The minimum Gasteiger partial charge on any atom is -0.480 e. The van der Waals surface area contributed by atoms with Gasteiger partial charge in [-0.25, -0.2) is 14.6 Å². The van der Waals surface area contributed by atoms with Gasteiger partial charge in [-0.15, -0.1) is 11.3 Å². The van der Waals surface area contributed by atoms with Crippen LogP contribution in [-0.2, 0) is 22.6 Å². The van der Waals surface area contributed by atoms with Gasteiger partial charge >= 0.3 is 12.0 Å². The maximum Gasteiger partial charge on any atom is 0.328 e. The van der Waals surface area contributed by atoms with E-state index < -0.39 is 18.0 Å². The Kier molecular flexibility index (Phi) is 6.05. The molecule has 0 radical (unpaired) electrons. The summed E-state index contributed by atoms with van der Waals surface area (Å²) < 4.78 is 0. The topological polar surface area (TPSA) is 90.8 Å². The maximum atomic E-state index is 12.8. The maximum absolute atomic E-state index is 12.8. The van der Waals surface area contributed by atoms with E-state index in [2.05, 4.69) is 4.98 Å². The van der Waals surface area contributed by atoms with Gasteiger partial charge in [0.05, 0.1) is 17.2 Å². The van der Waals surface area contributed by atoms with Crippen LogP contribution in [-0.4, -0.2) is 50.4 Å². The summed E-state index contributed by atoms with van der Waals surface area (Å²) in [5, 5.41) is 12.5. The van der Waals surface area contributed by atoms with E-state index in [4.69, 9.17) is 0 Å². The van der Waals surface area contributed by atoms with Crippen LogP contribution in [0.4, 0.5) is 4.79 Å². The van der Waals surface area contributed by atoms with E-state index in [0.29, 0.717) is 12.1 Å². The second-order valence-electron chi connectivity index (χ2n) is 8.00. The Morgan fingerprint density at radius 1 is 1.38 bits per heavy atom. The average molecular weight is 381 g/mol. The number of rotatable bonds is 7. The summed E-state index contributed by atoms with van der Waals surface area (Å²) in [5.74, 6) is -1.72. The molecule has 3 amide bonds. The number of nitrogens with zero attached hydrogens (tertiary/aromatic N) is 3. The Bertz CT molecular complexity index is 695. The highest BCUT2D eigenvalue weighted by Crippen LogP contribution is 2.30. The first-order chi connectivity index (χ1) is 12.0. The third-order valence-corrected chi connectivity index (χ3v) is 5.41. The molecule has 1 aliphatic rings. The molecule has 0 spiro atoms. The van der Waals surface area contributed by atoms with Gasteiger partial charge in [-0.3, -0.25) is 9.69 Å². The number of aryl methyl sites for hydroxylation is 1. The van der Waals surface area contributed by atoms with Gasteiger partial charge in [-0.05, 0) is 24.2 Å². The normalized spacial score (nSPS) is 17.7. The van der Waals surface area contributed by atoms with Gasteiger partial charge in [0.15, 0.2) is 0 Å². The molecule has 1 fully saturated rings. The monoisotopic (exact) mass is 381 g/mol. The van der Waals surface area contributed by atoms with Gasteiger partial charge in [-0.1, -0.05) is 34.6 Å². The first-order valence-corrected chi connectivity index (χ1v) is 9.68. The highest BCUT2D eigenvalue weighted by Gasteiger charge is 2.45. The molecule has 0 bridgehead atoms. The molecular weight excluding hydrogens is 354 g/mol. The molecule has 0 aliphatic carbocycles. The zero-order chi connectivity index (χ0) is 19.6. The number of aliphatic carboxylic acids is 1. The van der Waals surface area contributed by atoms with Crippen LogP contribution >= 0.6 is 11.3 Å². The van der Waals surface area contributed by atoms with E-state index in [0.717, 1.165) is 16.3 Å². The summed E-state index contributed by atoms with van der Waals surface area (Å²) >= 11 is 1.49. The van der Waals surface area contributed by atoms with Crippen molar-refractivity contribution in [2.75, 3.05) is 6.54 Å². The molecule has 1 N–H and O–H groups in total. The molecule has 2 heterocycles. The molecule has 1 aromatic rings. The number of carbonyl (C=O) groups is 3. The number of carbonyl (C=O) groups excluding carboxylic acids is 2. The smallest absolute Gasteiger partial charge is 0.328 e. The van der Waals surface area contributed by atoms with Gasteiger partial charge < -0.3 is 10.0 Å². The highest BCUT2D eigenvalue weighted by molar-refractivity contribution is 7.09. The van der Waals surface area contributed by atoms with Crippen LogP contribution in [0.25, 0.3) is 0 Å². The van der Waals surface area contributed by atoms with Crippen molar-refractivity contribution in [2.45, 2.75) is 60.0 Å². The number of hydrogen-bond acceptors (Lipinski definition) is 5. The SMILES string of the molecule is CCc1nc(CN2C(=O)CN([C@H](C(=O)O)C(C)CC(C)(C)C)C2=O)cs1. The van der Waals surface area contributed by atoms with Gasteiger partial charge in [0, 0.05) is 5.38 Å². The van der Waals surface area contributed by atoms with Crippen LogP contribution in [0.5, 0.6) is 0 Å². The molecule has 7 nitrogen and oxygen atoms in total. The lowest BCUT2D eigenvalue weighted by molar-refractivity contribution is -0.144. The zero-order valence-electron chi connectivity index (χ0n) is 16.0. The minimum atomic E-state index is -1.08. The van der Waals surface area contributed by atoms with Gasteiger partial charge in [0.25, 0.3) is 5.91 Å². The fourth-order valence-corrected chi connectivity index (χ4v) is 4.18. The molecular formula is C18H27N3O4S. The van der Waals surface area contributed by atoms with E-state index in [1.807, 2.05) is 40.0 Å². The molecule has 2 rings (SSSR count). The summed E-state index contributed by atoms with van der Waals surface area (Å²) in [4.78, 5) is 43.6. The number of amides is 3. The van der Waals surface area contributed by atoms with Gasteiger partial charge in [0.1, 0.15) is 12.6 Å². The first-order valence-electron chi connectivity index (χ1n) is 8.80. The van der Waals surface area contributed by atoms with Crippen molar-refractivity contribution < 1.29 is 19.5 Å². The Balaban J connectivity index is 2.17. The van der Waals surface area contributed by atoms with Crippen molar-refractivity contribution in [1.82, 2.24) is 14.8 Å². The van der Waals surface area contributed by atoms with E-state index in [9.17, 15) is 19.5 Å². The molecule has 26 heavy (non-hydrogen) atoms. The Morgan fingerprint density at radius 3 is 2.54 bits per heavy atom. The molecule has 2 atom stereocenters. The number of carboxylic acids is 1. The van der Waals surface area contributed by atoms with E-state index >= 15 is 0 Å². The summed E-state index contributed by atoms with van der Waals surface area (Å²) in [6.07, 6.45) is 1.43. The molecule has 0 saturated carbocycles. The van der Waals surface area contributed by atoms with Crippen molar-refractivity contribution in [1.29, 1.82) is 0 Å². The van der Waals surface area contributed by atoms with Crippen LogP contribution in [0.1, 0.15) is 51.7 Å². The lowest BCUT2D eigenvalue weighted by atomic mass is 9.82. The van der Waals surface area contributed by atoms with Crippen LogP contribution in [0.2, 0.25) is 0 Å². The van der Waals surface area contributed by atoms with E-state index in [1.165, 1.54) is 16.2 Å². The quantitative estimate of drug-likeness (QED) is 0.733. The third kappa shape index (κ3) is 4.60. The molecule has 1 aliphatic heterocycles. The number of hydrogen-bond donors (Lipinski definition) is 1. The zero-order valence-corrected chi connectivity index (χ0v) is 16.8. The van der Waals surface area contributed by atoms with E-state index in [1.54, 1.807) is 0 Å². The third-order valence-electron chi connectivity index (χ3n) is 4.37. The summed E-state index contributed by atoms with van der Waals surface area (Å²) in [5.41, 5.74) is 0.585. The molecule has 144 valence electrons. The highest BCUT2D eigenvalue weighted by atomic mass is 32.1. The second-order valence-corrected chi connectivity index (χ2v) is 8.94. The Labute approximate surface area is 158 Å². The van der Waals surface area contributed by atoms with Crippen molar-refractivity contribution in [3.8, 4) is 0 Å². The number of aromatic nitrogens is 1. The van der Waals surface area contributed by atoms with E-state index in [-0.39, 0.29) is 30.3 Å². The minimum absolute atomic E-state index is 0.0727. The predicted molar refractivity (Wildman–Crippen MR) is 98.8 cm³/mol. The fourth-order valence-electron chi connectivity index (χ4n) is 3.44. The molecule has 1 unspecified atom stereocenters. The molecule has 1 aromatic heterocycles. The molecule has 0 aromatic carbocycles. The summed E-state index contributed by atoms with van der Waals surface area (Å²) in [6, 6.07) is -1.56. The molecule has 8 heteroatoms. The van der Waals surface area contributed by atoms with Crippen molar-refractivity contribution in [3.63, 3.8) is 0 Å². The Hall–Kier alpha value is -1.96.